The summed E-state index contributed by atoms with van der Waals surface area (Å²) in [6, 6.07) is 12.4. The number of aromatic nitrogens is 1. The Morgan fingerprint density at radius 1 is 1.16 bits per heavy atom. The van der Waals surface area contributed by atoms with Crippen molar-refractivity contribution in [2.75, 3.05) is 5.73 Å². The predicted octanol–water partition coefficient (Wildman–Crippen LogP) is 5.17. The van der Waals surface area contributed by atoms with Crippen LogP contribution in [0.2, 0.25) is 0 Å². The first-order valence-corrected chi connectivity index (χ1v) is 9.66. The highest BCUT2D eigenvalue weighted by Gasteiger charge is 2.30. The zero-order valence-corrected chi connectivity index (χ0v) is 17.6. The highest BCUT2D eigenvalue weighted by molar-refractivity contribution is 6.08. The van der Waals surface area contributed by atoms with Crippen LogP contribution < -0.4 is 5.73 Å². The molecule has 2 N–H and O–H groups in total. The molecule has 0 amide bonds. The second-order valence-electron chi connectivity index (χ2n) is 7.46. The molecule has 1 aliphatic carbocycles. The molecule has 0 atom stereocenters. The fraction of sp³-hybridized carbons (Fsp3) is 0.125. The lowest BCUT2D eigenvalue weighted by atomic mass is 9.96. The number of allylic oxidation sites excluding steroid dienone is 3. The third kappa shape index (κ3) is 3.11. The van der Waals surface area contributed by atoms with Crippen molar-refractivity contribution >= 4 is 28.7 Å². The first-order valence-electron chi connectivity index (χ1n) is 9.66. The van der Waals surface area contributed by atoms with Crippen LogP contribution in [-0.2, 0) is 0 Å². The minimum absolute atomic E-state index is 0.0209. The van der Waals surface area contributed by atoms with Crippen molar-refractivity contribution in [3.05, 3.63) is 79.7 Å². The van der Waals surface area contributed by atoms with Gasteiger partial charge >= 0.3 is 0 Å². The average Bonchev–Trinajstić information content (AvgIpc) is 3.31. The topological polar surface area (TPSA) is 143 Å². The third-order valence-electron chi connectivity index (χ3n) is 5.59. The Kier molecular flexibility index (Phi) is 4.84. The summed E-state index contributed by atoms with van der Waals surface area (Å²) in [7, 11) is 0. The van der Waals surface area contributed by atoms with E-state index in [2.05, 4.69) is 17.1 Å². The molecule has 2 aromatic heterocycles. The molecule has 1 aromatic carbocycles. The van der Waals surface area contributed by atoms with Crippen molar-refractivity contribution in [2.45, 2.75) is 20.8 Å². The van der Waals surface area contributed by atoms with E-state index in [-0.39, 0.29) is 17.1 Å². The van der Waals surface area contributed by atoms with Crippen LogP contribution in [0.3, 0.4) is 0 Å². The second kappa shape index (κ2) is 7.53. The number of furan rings is 1. The highest BCUT2D eigenvalue weighted by atomic mass is 16.6. The van der Waals surface area contributed by atoms with Crippen molar-refractivity contribution in [3.8, 4) is 23.5 Å². The molecule has 3 aromatic rings. The molecule has 2 heterocycles. The number of nitriles is 2. The summed E-state index contributed by atoms with van der Waals surface area (Å²) in [6.45, 7) is 5.43. The van der Waals surface area contributed by atoms with Gasteiger partial charge in [-0.3, -0.25) is 10.1 Å². The predicted molar refractivity (Wildman–Crippen MR) is 120 cm³/mol. The lowest BCUT2D eigenvalue weighted by Gasteiger charge is -2.10. The zero-order valence-electron chi connectivity index (χ0n) is 17.6. The fourth-order valence-corrected chi connectivity index (χ4v) is 3.90. The summed E-state index contributed by atoms with van der Waals surface area (Å²) in [5.41, 5.74) is 11.2. The standard InChI is InChI=1S/C24H17N5O3/c1-12-4-5-15(29(30)31)8-17(12)21-7-6-16(32-21)9-18-13(2)19(10-25)23-22(18)14(3)20(11-26)24(27)28-23/h4-9H,1-3H3,(H2,27,28)/b18-9-. The molecule has 4 rings (SSSR count). The molecule has 156 valence electrons. The second-order valence-corrected chi connectivity index (χ2v) is 7.46. The van der Waals surface area contributed by atoms with Crippen molar-refractivity contribution in [2.24, 2.45) is 0 Å². The molecule has 8 nitrogen and oxygen atoms in total. The van der Waals surface area contributed by atoms with Gasteiger partial charge in [0, 0.05) is 23.3 Å². The molecule has 0 aliphatic heterocycles. The van der Waals surface area contributed by atoms with Gasteiger partial charge in [0.15, 0.2) is 0 Å². The van der Waals surface area contributed by atoms with Crippen LogP contribution in [0.25, 0.3) is 28.5 Å². The average molecular weight is 423 g/mol. The van der Waals surface area contributed by atoms with Crippen molar-refractivity contribution in [3.63, 3.8) is 0 Å². The number of hydrogen-bond acceptors (Lipinski definition) is 7. The Bertz CT molecular complexity index is 1460. The van der Waals surface area contributed by atoms with Gasteiger partial charge in [-0.2, -0.15) is 10.5 Å². The molecule has 0 fully saturated rings. The minimum atomic E-state index is -0.448. The number of nitro groups is 1. The Morgan fingerprint density at radius 2 is 1.91 bits per heavy atom. The smallest absolute Gasteiger partial charge is 0.270 e. The van der Waals surface area contributed by atoms with Crippen molar-refractivity contribution in [1.29, 1.82) is 10.5 Å². The molecule has 1 aliphatic rings. The molecule has 0 saturated heterocycles. The van der Waals surface area contributed by atoms with E-state index >= 15 is 0 Å². The number of hydrogen-bond donors (Lipinski definition) is 1. The van der Waals surface area contributed by atoms with Gasteiger partial charge in [0.05, 0.1) is 21.8 Å². The van der Waals surface area contributed by atoms with Crippen LogP contribution in [0.1, 0.15) is 40.6 Å². The third-order valence-corrected chi connectivity index (χ3v) is 5.59. The van der Waals surface area contributed by atoms with Crippen LogP contribution in [0, 0.1) is 46.6 Å². The number of pyridine rings is 1. The summed E-state index contributed by atoms with van der Waals surface area (Å²) in [5.74, 6) is 1.08. The number of aryl methyl sites for hydroxylation is 1. The lowest BCUT2D eigenvalue weighted by molar-refractivity contribution is -0.384. The number of fused-ring (bicyclic) bond motifs is 1. The number of anilines is 1. The SMILES string of the molecule is CC1=C(C#N)c2nc(N)c(C#N)c(C)c2/C1=C\c1ccc(-c2cc([N+](=O)[O-])ccc2C)o1. The number of nitrogens with two attached hydrogens (primary N) is 1. The molecule has 32 heavy (non-hydrogen) atoms. The van der Waals surface area contributed by atoms with Gasteiger partial charge in [0.1, 0.15) is 29.5 Å². The summed E-state index contributed by atoms with van der Waals surface area (Å²) < 4.78 is 5.99. The summed E-state index contributed by atoms with van der Waals surface area (Å²) in [6.07, 6.45) is 1.78. The summed E-state index contributed by atoms with van der Waals surface area (Å²) in [5, 5.41) is 30.3. The van der Waals surface area contributed by atoms with E-state index in [9.17, 15) is 20.6 Å². The van der Waals surface area contributed by atoms with Gasteiger partial charge in [-0.25, -0.2) is 4.98 Å². The minimum Gasteiger partial charge on any atom is -0.457 e. The van der Waals surface area contributed by atoms with Crippen molar-refractivity contribution < 1.29 is 9.34 Å². The van der Waals surface area contributed by atoms with E-state index in [1.54, 1.807) is 31.2 Å². The Morgan fingerprint density at radius 3 is 2.56 bits per heavy atom. The molecular weight excluding hydrogens is 406 g/mol. The van der Waals surface area contributed by atoms with Crippen LogP contribution in [-0.4, -0.2) is 9.91 Å². The van der Waals surface area contributed by atoms with Crippen LogP contribution >= 0.6 is 0 Å². The fourth-order valence-electron chi connectivity index (χ4n) is 3.90. The Hall–Kier alpha value is -4.69. The number of non-ortho nitro benzene ring substituents is 1. The normalized spacial score (nSPS) is 13.7. The van der Waals surface area contributed by atoms with Gasteiger partial charge in [0.25, 0.3) is 5.69 Å². The molecule has 0 saturated carbocycles. The van der Waals surface area contributed by atoms with Gasteiger partial charge in [0.2, 0.25) is 0 Å². The monoisotopic (exact) mass is 423 g/mol. The van der Waals surface area contributed by atoms with E-state index in [1.165, 1.54) is 12.1 Å². The molecule has 8 heteroatoms. The molecule has 0 radical (unpaired) electrons. The van der Waals surface area contributed by atoms with E-state index in [0.717, 1.165) is 11.1 Å². The lowest BCUT2D eigenvalue weighted by Crippen LogP contribution is -2.03. The maximum absolute atomic E-state index is 11.1. The quantitative estimate of drug-likeness (QED) is 0.452. The van der Waals surface area contributed by atoms with Crippen LogP contribution in [0.4, 0.5) is 11.5 Å². The molecule has 0 spiro atoms. The van der Waals surface area contributed by atoms with E-state index in [4.69, 9.17) is 10.2 Å². The molecule has 0 bridgehead atoms. The van der Waals surface area contributed by atoms with Crippen LogP contribution in [0.5, 0.6) is 0 Å². The van der Waals surface area contributed by atoms with E-state index < -0.39 is 4.92 Å². The maximum atomic E-state index is 11.1. The number of nitrogen functional groups attached to an aromatic ring is 1. The van der Waals surface area contributed by atoms with Crippen molar-refractivity contribution in [1.82, 2.24) is 4.98 Å². The summed E-state index contributed by atoms with van der Waals surface area (Å²) in [4.78, 5) is 15.0. The number of nitro benzene ring substituents is 1. The van der Waals surface area contributed by atoms with Gasteiger partial charge in [-0.05, 0) is 61.3 Å². The molecular formula is C24H17N5O3. The van der Waals surface area contributed by atoms with E-state index in [1.807, 2.05) is 13.8 Å². The zero-order chi connectivity index (χ0) is 23.2. The largest absolute Gasteiger partial charge is 0.457 e. The van der Waals surface area contributed by atoms with E-state index in [0.29, 0.717) is 45.1 Å². The number of benzene rings is 1. The first kappa shape index (κ1) is 20.6. The number of nitrogens with zero attached hydrogens (tertiary/aromatic N) is 4. The first-order chi connectivity index (χ1) is 15.3. The summed E-state index contributed by atoms with van der Waals surface area (Å²) >= 11 is 0. The Balaban J connectivity index is 1.86. The maximum Gasteiger partial charge on any atom is 0.270 e. The van der Waals surface area contributed by atoms with Gasteiger partial charge in [-0.1, -0.05) is 6.07 Å². The highest BCUT2D eigenvalue weighted by Crippen LogP contribution is 2.44. The number of rotatable bonds is 3. The van der Waals surface area contributed by atoms with Gasteiger partial charge < -0.3 is 10.2 Å². The Labute approximate surface area is 183 Å². The van der Waals surface area contributed by atoms with Crippen LogP contribution in [0.15, 0.2) is 40.3 Å². The van der Waals surface area contributed by atoms with Gasteiger partial charge in [-0.15, -0.1) is 0 Å². The molecule has 0 unspecified atom stereocenters.